The summed E-state index contributed by atoms with van der Waals surface area (Å²) in [7, 11) is 0. The fourth-order valence-electron chi connectivity index (χ4n) is 1.25. The minimum absolute atomic E-state index is 0.245. The number of hydrogen-bond donors (Lipinski definition) is 3. The lowest BCUT2D eigenvalue weighted by Crippen LogP contribution is -2.22. The van der Waals surface area contributed by atoms with Crippen molar-refractivity contribution in [1.82, 2.24) is 0 Å². The van der Waals surface area contributed by atoms with Gasteiger partial charge in [0, 0.05) is 0 Å². The smallest absolute Gasteiger partial charge is 0.0515 e. The van der Waals surface area contributed by atoms with Gasteiger partial charge in [0.15, 0.2) is 0 Å². The molecular formula is C8H19NO2. The molecule has 11 heavy (non-hydrogen) atoms. The summed E-state index contributed by atoms with van der Waals surface area (Å²) in [6.07, 6.45) is 0.729. The second kappa shape index (κ2) is 5.52. The Balaban J connectivity index is 3.58. The van der Waals surface area contributed by atoms with E-state index in [9.17, 15) is 0 Å². The first-order valence-corrected chi connectivity index (χ1v) is 4.12. The maximum Gasteiger partial charge on any atom is 0.0515 e. The minimum Gasteiger partial charge on any atom is -0.393 e. The summed E-state index contributed by atoms with van der Waals surface area (Å²) in [4.78, 5) is 0. The SMILES string of the molecule is CC(O)CC(CN)CC(C)O. The Labute approximate surface area is 68.2 Å². The van der Waals surface area contributed by atoms with E-state index < -0.39 is 0 Å². The van der Waals surface area contributed by atoms with Crippen molar-refractivity contribution in [2.24, 2.45) is 11.7 Å². The van der Waals surface area contributed by atoms with E-state index >= 15 is 0 Å². The molecule has 0 aromatic heterocycles. The lowest BCUT2D eigenvalue weighted by Gasteiger charge is -2.17. The van der Waals surface area contributed by atoms with Crippen molar-refractivity contribution in [2.45, 2.75) is 38.9 Å². The molecule has 0 radical (unpaired) electrons. The highest BCUT2D eigenvalue weighted by molar-refractivity contribution is 4.65. The average molecular weight is 161 g/mol. The van der Waals surface area contributed by atoms with Crippen LogP contribution in [0.15, 0.2) is 0 Å². The molecule has 0 spiro atoms. The van der Waals surface area contributed by atoms with Crippen molar-refractivity contribution >= 4 is 0 Å². The first-order chi connectivity index (χ1) is 5.06. The van der Waals surface area contributed by atoms with Crippen molar-refractivity contribution in [1.29, 1.82) is 0 Å². The van der Waals surface area contributed by atoms with Crippen LogP contribution in [-0.4, -0.2) is 29.0 Å². The van der Waals surface area contributed by atoms with E-state index in [1.54, 1.807) is 13.8 Å². The molecule has 0 heterocycles. The highest BCUT2D eigenvalue weighted by Crippen LogP contribution is 2.11. The van der Waals surface area contributed by atoms with Gasteiger partial charge in [-0.3, -0.25) is 0 Å². The third-order valence-electron chi connectivity index (χ3n) is 1.68. The largest absolute Gasteiger partial charge is 0.393 e. The van der Waals surface area contributed by atoms with Gasteiger partial charge in [0.05, 0.1) is 12.2 Å². The Morgan fingerprint density at radius 3 is 1.64 bits per heavy atom. The highest BCUT2D eigenvalue weighted by Gasteiger charge is 2.11. The predicted octanol–water partition coefficient (Wildman–Crippen LogP) is 0.103. The van der Waals surface area contributed by atoms with E-state index in [1.165, 1.54) is 0 Å². The zero-order valence-electron chi connectivity index (χ0n) is 7.33. The highest BCUT2D eigenvalue weighted by atomic mass is 16.3. The van der Waals surface area contributed by atoms with Crippen LogP contribution in [0.4, 0.5) is 0 Å². The summed E-state index contributed by atoms with van der Waals surface area (Å²) in [5.41, 5.74) is 5.45. The normalized spacial score (nSPS) is 19.4. The van der Waals surface area contributed by atoms with Crippen molar-refractivity contribution in [3.63, 3.8) is 0 Å². The first kappa shape index (κ1) is 10.9. The molecule has 2 atom stereocenters. The monoisotopic (exact) mass is 161 g/mol. The van der Waals surface area contributed by atoms with Crippen LogP contribution in [0.25, 0.3) is 0 Å². The van der Waals surface area contributed by atoms with Crippen LogP contribution in [0, 0.1) is 5.92 Å². The summed E-state index contributed by atoms with van der Waals surface area (Å²) >= 11 is 0. The molecule has 0 saturated heterocycles. The van der Waals surface area contributed by atoms with Gasteiger partial charge < -0.3 is 15.9 Å². The first-order valence-electron chi connectivity index (χ1n) is 4.12. The molecule has 0 aliphatic rings. The third-order valence-corrected chi connectivity index (χ3v) is 1.68. The van der Waals surface area contributed by atoms with E-state index in [4.69, 9.17) is 15.9 Å². The zero-order valence-corrected chi connectivity index (χ0v) is 7.33. The molecule has 3 nitrogen and oxygen atoms in total. The number of rotatable bonds is 5. The summed E-state index contributed by atoms with van der Waals surface area (Å²) in [6.45, 7) is 4.02. The molecule has 3 heteroatoms. The molecule has 0 fully saturated rings. The Kier molecular flexibility index (Phi) is 5.46. The van der Waals surface area contributed by atoms with E-state index in [2.05, 4.69) is 0 Å². The molecule has 0 rings (SSSR count). The summed E-state index contributed by atoms with van der Waals surface area (Å²) in [5.74, 6) is 0.245. The Bertz CT molecular complexity index is 84.1. The number of hydrogen-bond acceptors (Lipinski definition) is 3. The number of nitrogens with two attached hydrogens (primary N) is 1. The van der Waals surface area contributed by atoms with Gasteiger partial charge >= 0.3 is 0 Å². The van der Waals surface area contributed by atoms with Gasteiger partial charge in [-0.15, -0.1) is 0 Å². The Hall–Kier alpha value is -0.120. The molecule has 0 bridgehead atoms. The van der Waals surface area contributed by atoms with Crippen LogP contribution >= 0.6 is 0 Å². The van der Waals surface area contributed by atoms with Gasteiger partial charge in [-0.2, -0.15) is 0 Å². The molecule has 0 aliphatic heterocycles. The van der Waals surface area contributed by atoms with Crippen molar-refractivity contribution in [3.8, 4) is 0 Å². The van der Waals surface area contributed by atoms with Crippen molar-refractivity contribution in [3.05, 3.63) is 0 Å². The maximum atomic E-state index is 9.03. The predicted molar refractivity (Wildman–Crippen MR) is 45.1 cm³/mol. The van der Waals surface area contributed by atoms with Crippen LogP contribution in [0.2, 0.25) is 0 Å². The van der Waals surface area contributed by atoms with Gasteiger partial charge in [0.1, 0.15) is 0 Å². The average Bonchev–Trinajstić information content (AvgIpc) is 1.84. The summed E-state index contributed by atoms with van der Waals surface area (Å²) < 4.78 is 0. The van der Waals surface area contributed by atoms with Gasteiger partial charge in [-0.25, -0.2) is 0 Å². The van der Waals surface area contributed by atoms with Crippen LogP contribution in [0.3, 0.4) is 0 Å². The number of aliphatic hydroxyl groups is 2. The number of aliphatic hydroxyl groups excluding tert-OH is 2. The maximum absolute atomic E-state index is 9.03. The molecule has 0 aromatic carbocycles. The summed E-state index contributed by atoms with van der Waals surface area (Å²) in [6, 6.07) is 0. The lowest BCUT2D eigenvalue weighted by atomic mass is 9.96. The van der Waals surface area contributed by atoms with Gasteiger partial charge in [-0.1, -0.05) is 0 Å². The van der Waals surface area contributed by atoms with E-state index in [1.807, 2.05) is 0 Å². The zero-order chi connectivity index (χ0) is 8.85. The van der Waals surface area contributed by atoms with Crippen LogP contribution in [0.1, 0.15) is 26.7 Å². The standard InChI is InChI=1S/C8H19NO2/c1-6(10)3-8(5-9)4-7(2)11/h6-8,10-11H,3-5,9H2,1-2H3. The molecule has 68 valence electrons. The molecule has 2 unspecified atom stereocenters. The second-order valence-electron chi connectivity index (χ2n) is 3.27. The molecule has 0 amide bonds. The Morgan fingerprint density at radius 2 is 1.45 bits per heavy atom. The fourth-order valence-corrected chi connectivity index (χ4v) is 1.25. The molecule has 0 aromatic rings. The molecular weight excluding hydrogens is 142 g/mol. The van der Waals surface area contributed by atoms with Gasteiger partial charge in [-0.05, 0) is 39.2 Å². The molecule has 0 saturated carbocycles. The minimum atomic E-state index is -0.317. The van der Waals surface area contributed by atoms with Gasteiger partial charge in [0.2, 0.25) is 0 Å². The lowest BCUT2D eigenvalue weighted by molar-refractivity contribution is 0.122. The van der Waals surface area contributed by atoms with Crippen LogP contribution in [0.5, 0.6) is 0 Å². The Morgan fingerprint density at radius 1 is 1.09 bits per heavy atom. The van der Waals surface area contributed by atoms with E-state index in [0.29, 0.717) is 19.4 Å². The van der Waals surface area contributed by atoms with Crippen molar-refractivity contribution < 1.29 is 10.2 Å². The second-order valence-corrected chi connectivity index (χ2v) is 3.27. The van der Waals surface area contributed by atoms with Crippen LogP contribution < -0.4 is 5.73 Å². The molecule has 4 N–H and O–H groups in total. The fraction of sp³-hybridized carbons (Fsp3) is 1.00. The quantitative estimate of drug-likeness (QED) is 0.536. The van der Waals surface area contributed by atoms with E-state index in [0.717, 1.165) is 0 Å². The van der Waals surface area contributed by atoms with E-state index in [-0.39, 0.29) is 18.1 Å². The van der Waals surface area contributed by atoms with Crippen LogP contribution in [-0.2, 0) is 0 Å². The van der Waals surface area contributed by atoms with Crippen molar-refractivity contribution in [2.75, 3.05) is 6.54 Å². The third kappa shape index (κ3) is 6.28. The summed E-state index contributed by atoms with van der Waals surface area (Å²) in [5, 5.41) is 18.1. The van der Waals surface area contributed by atoms with Gasteiger partial charge in [0.25, 0.3) is 0 Å². The topological polar surface area (TPSA) is 66.5 Å². The molecule has 0 aliphatic carbocycles.